The first-order valence-corrected chi connectivity index (χ1v) is 10.3. The molecule has 5 nitrogen and oxygen atoms in total. The fraction of sp³-hybridized carbons (Fsp3) is 0.500. The molecule has 7 heteroatoms. The van der Waals surface area contributed by atoms with Crippen LogP contribution in [0.4, 0.5) is 4.39 Å². The topological polar surface area (TPSA) is 53.7 Å². The molecular weight excluding hydrogens is 363 g/mol. The molecule has 0 spiro atoms. The minimum atomic E-state index is -0.252. The molecule has 4 rings (SSSR count). The number of aromatic hydroxyl groups is 1. The Morgan fingerprint density at radius 3 is 2.48 bits per heavy atom. The SMILES string of the molecule is CCc1nc2sc([C@H](c3ccc(F)cc3)N3C[C@H](C)C[C@@H](C)C3)c(O)n2n1. The molecule has 0 aliphatic carbocycles. The van der Waals surface area contributed by atoms with Gasteiger partial charge in [0, 0.05) is 19.5 Å². The van der Waals surface area contributed by atoms with Crippen LogP contribution in [0.15, 0.2) is 24.3 Å². The Morgan fingerprint density at radius 1 is 1.22 bits per heavy atom. The molecule has 3 heterocycles. The number of aromatic nitrogens is 3. The molecular formula is C20H25FN4OS. The van der Waals surface area contributed by atoms with Crippen molar-refractivity contribution in [3.63, 3.8) is 0 Å². The van der Waals surface area contributed by atoms with Crippen molar-refractivity contribution in [3.8, 4) is 5.88 Å². The molecule has 0 bridgehead atoms. The summed E-state index contributed by atoms with van der Waals surface area (Å²) >= 11 is 1.47. The van der Waals surface area contributed by atoms with Gasteiger partial charge in [0.1, 0.15) is 5.82 Å². The summed E-state index contributed by atoms with van der Waals surface area (Å²) in [4.78, 5) is 8.43. The minimum absolute atomic E-state index is 0.130. The predicted molar refractivity (Wildman–Crippen MR) is 105 cm³/mol. The molecule has 1 fully saturated rings. The fourth-order valence-electron chi connectivity index (χ4n) is 4.21. The number of thiazole rings is 1. The Balaban J connectivity index is 1.81. The van der Waals surface area contributed by atoms with Crippen LogP contribution in [-0.2, 0) is 6.42 Å². The molecule has 1 saturated heterocycles. The number of likely N-dealkylation sites (tertiary alicyclic amines) is 1. The molecule has 0 amide bonds. The molecule has 1 N–H and O–H groups in total. The maximum absolute atomic E-state index is 13.5. The first-order valence-electron chi connectivity index (χ1n) is 9.53. The molecule has 1 aliphatic rings. The average Bonchev–Trinajstić information content (AvgIpc) is 3.16. The summed E-state index contributed by atoms with van der Waals surface area (Å²) < 4.78 is 15.0. The second-order valence-corrected chi connectivity index (χ2v) is 8.73. The highest BCUT2D eigenvalue weighted by molar-refractivity contribution is 7.17. The molecule has 0 unspecified atom stereocenters. The number of aryl methyl sites for hydroxylation is 1. The maximum atomic E-state index is 13.5. The van der Waals surface area contributed by atoms with Crippen molar-refractivity contribution in [2.45, 2.75) is 39.7 Å². The van der Waals surface area contributed by atoms with E-state index in [9.17, 15) is 9.50 Å². The maximum Gasteiger partial charge on any atom is 0.230 e. The van der Waals surface area contributed by atoms with Crippen LogP contribution in [0.5, 0.6) is 5.88 Å². The third-order valence-corrected chi connectivity index (χ3v) is 6.33. The number of hydrogen-bond acceptors (Lipinski definition) is 5. The van der Waals surface area contributed by atoms with Crippen LogP contribution in [0.1, 0.15) is 49.5 Å². The van der Waals surface area contributed by atoms with E-state index < -0.39 is 0 Å². The zero-order valence-electron chi connectivity index (χ0n) is 15.9. The lowest BCUT2D eigenvalue weighted by molar-refractivity contribution is 0.112. The van der Waals surface area contributed by atoms with Crippen molar-refractivity contribution in [3.05, 3.63) is 46.3 Å². The van der Waals surface area contributed by atoms with E-state index in [2.05, 4.69) is 28.8 Å². The number of fused-ring (bicyclic) bond motifs is 1. The van der Waals surface area contributed by atoms with E-state index in [0.717, 1.165) is 35.8 Å². The highest BCUT2D eigenvalue weighted by atomic mass is 32.1. The Bertz CT molecular complexity index is 926. The molecule has 0 radical (unpaired) electrons. The summed E-state index contributed by atoms with van der Waals surface area (Å²) in [5.74, 6) is 1.77. The summed E-state index contributed by atoms with van der Waals surface area (Å²) in [6.07, 6.45) is 1.93. The molecule has 2 aromatic heterocycles. The molecule has 1 aromatic carbocycles. The van der Waals surface area contributed by atoms with Crippen molar-refractivity contribution < 1.29 is 9.50 Å². The average molecular weight is 389 g/mol. The van der Waals surface area contributed by atoms with E-state index >= 15 is 0 Å². The highest BCUT2D eigenvalue weighted by Crippen LogP contribution is 2.42. The van der Waals surface area contributed by atoms with E-state index in [0.29, 0.717) is 16.8 Å². The van der Waals surface area contributed by atoms with Crippen molar-refractivity contribution in [2.75, 3.05) is 13.1 Å². The van der Waals surface area contributed by atoms with Crippen LogP contribution in [0, 0.1) is 17.7 Å². The first kappa shape index (κ1) is 18.4. The van der Waals surface area contributed by atoms with E-state index in [1.807, 2.05) is 19.1 Å². The van der Waals surface area contributed by atoms with Gasteiger partial charge >= 0.3 is 0 Å². The van der Waals surface area contributed by atoms with Gasteiger partial charge in [0.25, 0.3) is 0 Å². The Morgan fingerprint density at radius 2 is 1.89 bits per heavy atom. The zero-order valence-corrected chi connectivity index (χ0v) is 16.7. The highest BCUT2D eigenvalue weighted by Gasteiger charge is 2.33. The first-order chi connectivity index (χ1) is 13.0. The van der Waals surface area contributed by atoms with Gasteiger partial charge in [0.05, 0.1) is 10.9 Å². The third kappa shape index (κ3) is 3.46. The molecule has 144 valence electrons. The van der Waals surface area contributed by atoms with Crippen molar-refractivity contribution in [2.24, 2.45) is 11.8 Å². The van der Waals surface area contributed by atoms with Gasteiger partial charge in [-0.15, -0.1) is 5.10 Å². The van der Waals surface area contributed by atoms with Crippen molar-refractivity contribution in [1.82, 2.24) is 19.5 Å². The van der Waals surface area contributed by atoms with E-state index in [-0.39, 0.29) is 17.7 Å². The summed E-state index contributed by atoms with van der Waals surface area (Å²) in [5.41, 5.74) is 0.980. The van der Waals surface area contributed by atoms with Crippen LogP contribution in [0.3, 0.4) is 0 Å². The smallest absolute Gasteiger partial charge is 0.230 e. The quantitative estimate of drug-likeness (QED) is 0.725. The Hall–Kier alpha value is -1.99. The lowest BCUT2D eigenvalue weighted by Gasteiger charge is -2.40. The van der Waals surface area contributed by atoms with Gasteiger partial charge in [-0.3, -0.25) is 4.90 Å². The number of rotatable bonds is 4. The fourth-order valence-corrected chi connectivity index (χ4v) is 5.35. The summed E-state index contributed by atoms with van der Waals surface area (Å²) in [6.45, 7) is 8.41. The molecule has 1 aliphatic heterocycles. The van der Waals surface area contributed by atoms with Crippen LogP contribution >= 0.6 is 11.3 Å². The van der Waals surface area contributed by atoms with E-state index in [1.54, 1.807) is 0 Å². The molecule has 3 atom stereocenters. The molecule has 27 heavy (non-hydrogen) atoms. The second kappa shape index (κ2) is 7.20. The van der Waals surface area contributed by atoms with E-state index in [4.69, 9.17) is 0 Å². The predicted octanol–water partition coefficient (Wildman–Crippen LogP) is 4.27. The Labute approximate surface area is 162 Å². The second-order valence-electron chi connectivity index (χ2n) is 7.72. The van der Waals surface area contributed by atoms with Gasteiger partial charge < -0.3 is 5.11 Å². The standard InChI is InChI=1S/C20H25FN4OS/c1-4-16-22-20-25(23-16)19(26)18(27-20)17(14-5-7-15(21)8-6-14)24-10-12(2)9-13(3)11-24/h5-8,12-13,17,26H,4,9-11H2,1-3H3/t12-,13-,17+/m1/s1. The van der Waals surface area contributed by atoms with Crippen LogP contribution in [-0.4, -0.2) is 37.7 Å². The summed E-state index contributed by atoms with van der Waals surface area (Å²) in [6, 6.07) is 6.48. The summed E-state index contributed by atoms with van der Waals surface area (Å²) in [5, 5.41) is 15.3. The molecule has 3 aromatic rings. The minimum Gasteiger partial charge on any atom is -0.492 e. The van der Waals surface area contributed by atoms with Gasteiger partial charge in [-0.05, 0) is 36.0 Å². The number of benzene rings is 1. The van der Waals surface area contributed by atoms with Crippen LogP contribution < -0.4 is 0 Å². The van der Waals surface area contributed by atoms with Crippen LogP contribution in [0.2, 0.25) is 0 Å². The number of halogens is 1. The largest absolute Gasteiger partial charge is 0.492 e. The number of hydrogen-bond donors (Lipinski definition) is 1. The zero-order chi connectivity index (χ0) is 19.1. The van der Waals surface area contributed by atoms with E-state index in [1.165, 1.54) is 34.4 Å². The van der Waals surface area contributed by atoms with Crippen molar-refractivity contribution in [1.29, 1.82) is 0 Å². The van der Waals surface area contributed by atoms with Gasteiger partial charge in [-0.2, -0.15) is 4.52 Å². The van der Waals surface area contributed by atoms with Crippen LogP contribution in [0.25, 0.3) is 4.96 Å². The normalized spacial score (nSPS) is 22.4. The number of nitrogens with zero attached hydrogens (tertiary/aromatic N) is 4. The number of piperidine rings is 1. The van der Waals surface area contributed by atoms with Gasteiger partial charge in [0.2, 0.25) is 10.8 Å². The lowest BCUT2D eigenvalue weighted by Crippen LogP contribution is -2.41. The third-order valence-electron chi connectivity index (χ3n) is 5.26. The van der Waals surface area contributed by atoms with Gasteiger partial charge in [-0.1, -0.05) is 44.2 Å². The molecule has 0 saturated carbocycles. The summed E-state index contributed by atoms with van der Waals surface area (Å²) in [7, 11) is 0. The monoisotopic (exact) mass is 388 g/mol. The van der Waals surface area contributed by atoms with Gasteiger partial charge in [-0.25, -0.2) is 9.37 Å². The van der Waals surface area contributed by atoms with Crippen molar-refractivity contribution >= 4 is 16.3 Å². The Kier molecular flexibility index (Phi) is 4.90. The lowest BCUT2D eigenvalue weighted by atomic mass is 9.89. The van der Waals surface area contributed by atoms with Gasteiger partial charge in [0.15, 0.2) is 5.82 Å².